The van der Waals surface area contributed by atoms with E-state index in [-0.39, 0.29) is 6.54 Å². The number of ether oxygens (including phenoxy) is 1. The standard InChI is InChI=1S/C26H31FN8O2/c1-17(2)18-4-5-21(37-11-10-35-16-28-15-31-35)20-13-30-24(12-19(18)20)32-23-6-8-29-25(33-23)34-9-7-26(3,36)22(27)14-34/h4-6,8,12-13,15-17,22,36H,7,9-11,14H2,1-3H3,(H,29,30,32,33)/t22-,26+/m1/s1. The second-order valence-corrected chi connectivity index (χ2v) is 9.82. The molecule has 1 aliphatic heterocycles. The molecular formula is C26H31FN8O2. The smallest absolute Gasteiger partial charge is 0.227 e. The molecule has 3 aromatic heterocycles. The van der Waals surface area contributed by atoms with Gasteiger partial charge in [0.25, 0.3) is 0 Å². The maximum absolute atomic E-state index is 14.4. The summed E-state index contributed by atoms with van der Waals surface area (Å²) >= 11 is 0. The van der Waals surface area contributed by atoms with E-state index < -0.39 is 11.8 Å². The molecule has 0 bridgehead atoms. The summed E-state index contributed by atoms with van der Waals surface area (Å²) < 4.78 is 22.2. The minimum absolute atomic E-state index is 0.0438. The Balaban J connectivity index is 1.36. The molecular weight excluding hydrogens is 475 g/mol. The molecule has 2 atom stereocenters. The van der Waals surface area contributed by atoms with Gasteiger partial charge in [0.1, 0.15) is 42.8 Å². The maximum atomic E-state index is 14.4. The van der Waals surface area contributed by atoms with Crippen molar-refractivity contribution in [3.8, 4) is 5.75 Å². The van der Waals surface area contributed by atoms with Crippen LogP contribution in [-0.4, -0.2) is 66.3 Å². The summed E-state index contributed by atoms with van der Waals surface area (Å²) in [6.07, 6.45) is 5.53. The molecule has 0 aliphatic carbocycles. The normalized spacial score (nSPS) is 19.9. The highest BCUT2D eigenvalue weighted by molar-refractivity contribution is 5.92. The van der Waals surface area contributed by atoms with Crippen LogP contribution in [0.15, 0.2) is 49.3 Å². The molecule has 0 spiro atoms. The fraction of sp³-hybridized carbons (Fsp3) is 0.423. The van der Waals surface area contributed by atoms with Crippen LogP contribution < -0.4 is 15.0 Å². The first-order valence-electron chi connectivity index (χ1n) is 12.4. The molecule has 0 amide bonds. The van der Waals surface area contributed by atoms with Crippen molar-refractivity contribution in [2.24, 2.45) is 0 Å². The van der Waals surface area contributed by atoms with Gasteiger partial charge in [-0.15, -0.1) is 0 Å². The molecule has 0 radical (unpaired) electrons. The summed E-state index contributed by atoms with van der Waals surface area (Å²) in [5.41, 5.74) is -0.143. The van der Waals surface area contributed by atoms with Crippen molar-refractivity contribution >= 4 is 28.4 Å². The van der Waals surface area contributed by atoms with Crippen LogP contribution in [0.4, 0.5) is 22.0 Å². The van der Waals surface area contributed by atoms with E-state index in [0.717, 1.165) is 16.5 Å². The first-order chi connectivity index (χ1) is 17.8. The molecule has 0 unspecified atom stereocenters. The number of nitrogens with one attached hydrogen (secondary N) is 1. The Morgan fingerprint density at radius 1 is 1.22 bits per heavy atom. The minimum Gasteiger partial charge on any atom is -0.491 e. The van der Waals surface area contributed by atoms with Gasteiger partial charge in [-0.05, 0) is 48.4 Å². The summed E-state index contributed by atoms with van der Waals surface area (Å²) in [4.78, 5) is 19.2. The van der Waals surface area contributed by atoms with Crippen LogP contribution in [0.1, 0.15) is 38.7 Å². The zero-order valence-corrected chi connectivity index (χ0v) is 21.2. The highest BCUT2D eigenvalue weighted by Gasteiger charge is 2.38. The van der Waals surface area contributed by atoms with E-state index in [1.165, 1.54) is 18.8 Å². The van der Waals surface area contributed by atoms with Crippen molar-refractivity contribution in [1.29, 1.82) is 0 Å². The van der Waals surface area contributed by atoms with Crippen molar-refractivity contribution in [3.05, 3.63) is 54.9 Å². The second kappa shape index (κ2) is 10.3. The number of nitrogens with zero attached hydrogens (tertiary/aromatic N) is 7. The van der Waals surface area contributed by atoms with Gasteiger partial charge in [0.15, 0.2) is 0 Å². The molecule has 4 aromatic rings. The largest absolute Gasteiger partial charge is 0.491 e. The Labute approximate surface area is 214 Å². The Hall–Kier alpha value is -3.86. The topological polar surface area (TPSA) is 114 Å². The first kappa shape index (κ1) is 24.8. The van der Waals surface area contributed by atoms with Gasteiger partial charge in [0, 0.05) is 24.3 Å². The number of piperidine rings is 1. The van der Waals surface area contributed by atoms with Crippen LogP contribution in [0.3, 0.4) is 0 Å². The average molecular weight is 507 g/mol. The van der Waals surface area contributed by atoms with Crippen LogP contribution in [0.5, 0.6) is 5.75 Å². The molecule has 194 valence electrons. The zero-order valence-electron chi connectivity index (χ0n) is 21.2. The molecule has 1 saturated heterocycles. The van der Waals surface area contributed by atoms with Crippen LogP contribution in [0.2, 0.25) is 0 Å². The molecule has 37 heavy (non-hydrogen) atoms. The van der Waals surface area contributed by atoms with Crippen LogP contribution in [0, 0.1) is 0 Å². The number of rotatable bonds is 8. The molecule has 10 nitrogen and oxygen atoms in total. The van der Waals surface area contributed by atoms with E-state index >= 15 is 0 Å². The van der Waals surface area contributed by atoms with E-state index in [4.69, 9.17) is 4.74 Å². The summed E-state index contributed by atoms with van der Waals surface area (Å²) in [6, 6.07) is 7.81. The van der Waals surface area contributed by atoms with Gasteiger partial charge < -0.3 is 20.1 Å². The minimum atomic E-state index is -1.37. The number of halogens is 1. The lowest BCUT2D eigenvalue weighted by Gasteiger charge is -2.38. The lowest BCUT2D eigenvalue weighted by molar-refractivity contribution is -0.0332. The Morgan fingerprint density at radius 2 is 2.08 bits per heavy atom. The first-order valence-corrected chi connectivity index (χ1v) is 12.4. The number of hydrogen-bond acceptors (Lipinski definition) is 9. The third-order valence-electron chi connectivity index (χ3n) is 6.69. The molecule has 1 aliphatic rings. The van der Waals surface area contributed by atoms with Gasteiger partial charge in [-0.25, -0.2) is 24.0 Å². The van der Waals surface area contributed by atoms with Gasteiger partial charge in [0.2, 0.25) is 5.95 Å². The van der Waals surface area contributed by atoms with E-state index in [0.29, 0.717) is 49.6 Å². The van der Waals surface area contributed by atoms with E-state index in [1.807, 2.05) is 12.1 Å². The molecule has 1 fully saturated rings. The molecule has 1 aromatic carbocycles. The summed E-state index contributed by atoms with van der Waals surface area (Å²) in [5, 5.41) is 19.5. The number of hydrogen-bond donors (Lipinski definition) is 2. The Bertz CT molecular complexity index is 1360. The van der Waals surface area contributed by atoms with Gasteiger partial charge in [0.05, 0.1) is 18.7 Å². The third-order valence-corrected chi connectivity index (χ3v) is 6.69. The van der Waals surface area contributed by atoms with Crippen LogP contribution in [-0.2, 0) is 6.54 Å². The van der Waals surface area contributed by atoms with E-state index in [2.05, 4.69) is 50.3 Å². The van der Waals surface area contributed by atoms with Crippen molar-refractivity contribution in [1.82, 2.24) is 29.7 Å². The molecule has 4 heterocycles. The van der Waals surface area contributed by atoms with Crippen LogP contribution in [0.25, 0.3) is 10.8 Å². The monoisotopic (exact) mass is 506 g/mol. The highest BCUT2D eigenvalue weighted by Crippen LogP contribution is 2.34. The quantitative estimate of drug-likeness (QED) is 0.368. The highest BCUT2D eigenvalue weighted by atomic mass is 19.1. The Morgan fingerprint density at radius 3 is 2.84 bits per heavy atom. The molecule has 2 N–H and O–H groups in total. The van der Waals surface area contributed by atoms with Crippen molar-refractivity contribution in [2.75, 3.05) is 29.9 Å². The number of anilines is 3. The zero-order chi connectivity index (χ0) is 26.0. The van der Waals surface area contributed by atoms with Gasteiger partial charge in [-0.1, -0.05) is 19.9 Å². The predicted octanol–water partition coefficient (Wildman–Crippen LogP) is 3.86. The number of benzene rings is 1. The number of pyridine rings is 1. The van der Waals surface area contributed by atoms with Gasteiger partial charge in [-0.2, -0.15) is 10.1 Å². The summed E-state index contributed by atoms with van der Waals surface area (Å²) in [5.74, 6) is 2.65. The second-order valence-electron chi connectivity index (χ2n) is 9.82. The predicted molar refractivity (Wildman–Crippen MR) is 139 cm³/mol. The number of fused-ring (bicyclic) bond motifs is 1. The van der Waals surface area contributed by atoms with Gasteiger partial charge in [-0.3, -0.25) is 0 Å². The fourth-order valence-corrected chi connectivity index (χ4v) is 4.41. The lowest BCUT2D eigenvalue weighted by Crippen LogP contribution is -2.52. The third kappa shape index (κ3) is 5.46. The number of aliphatic hydroxyl groups is 1. The lowest BCUT2D eigenvalue weighted by atomic mass is 9.92. The van der Waals surface area contributed by atoms with Crippen molar-refractivity contribution in [2.45, 2.75) is 51.4 Å². The van der Waals surface area contributed by atoms with Crippen molar-refractivity contribution < 1.29 is 14.2 Å². The van der Waals surface area contributed by atoms with Crippen molar-refractivity contribution in [3.63, 3.8) is 0 Å². The van der Waals surface area contributed by atoms with Crippen LogP contribution >= 0.6 is 0 Å². The van der Waals surface area contributed by atoms with E-state index in [9.17, 15) is 9.50 Å². The maximum Gasteiger partial charge on any atom is 0.227 e. The SMILES string of the molecule is CC(C)c1ccc(OCCn2cncn2)c2cnc(Nc3ccnc(N4CC[C@](C)(O)[C@H](F)C4)n3)cc12. The van der Waals surface area contributed by atoms with E-state index in [1.54, 1.807) is 34.4 Å². The summed E-state index contributed by atoms with van der Waals surface area (Å²) in [7, 11) is 0. The average Bonchev–Trinajstić information content (AvgIpc) is 3.39. The number of alkyl halides is 1. The Kier molecular flexibility index (Phi) is 6.88. The molecule has 11 heteroatoms. The molecule has 5 rings (SSSR count). The fourth-order valence-electron chi connectivity index (χ4n) is 4.41. The number of aromatic nitrogens is 6. The summed E-state index contributed by atoms with van der Waals surface area (Å²) in [6.45, 7) is 7.39. The van der Waals surface area contributed by atoms with Gasteiger partial charge >= 0.3 is 0 Å². The molecule has 0 saturated carbocycles.